The lowest BCUT2D eigenvalue weighted by molar-refractivity contribution is 0.0372. The molecule has 0 aliphatic carbocycles. The third-order valence-corrected chi connectivity index (χ3v) is 4.26. The zero-order valence-corrected chi connectivity index (χ0v) is 18.0. The van der Waals surface area contributed by atoms with E-state index in [1.54, 1.807) is 0 Å². The molecule has 0 aromatic rings. The van der Waals surface area contributed by atoms with Gasteiger partial charge in [0.05, 0.1) is 13.2 Å². The Bertz CT molecular complexity index is 333. The molecule has 1 aliphatic rings. The molecule has 142 valence electrons. The molecule has 6 heteroatoms. The molecule has 0 bridgehead atoms. The number of aliphatic imine (C=N–C) groups is 1. The van der Waals surface area contributed by atoms with Gasteiger partial charge in [-0.2, -0.15) is 0 Å². The Kier molecular flexibility index (Phi) is 15.9. The summed E-state index contributed by atoms with van der Waals surface area (Å²) >= 11 is 0. The van der Waals surface area contributed by atoms with Crippen LogP contribution >= 0.6 is 24.0 Å². The van der Waals surface area contributed by atoms with Crippen molar-refractivity contribution in [2.75, 3.05) is 60.0 Å². The van der Waals surface area contributed by atoms with Gasteiger partial charge in [0, 0.05) is 40.3 Å². The minimum Gasteiger partial charge on any atom is -0.379 e. The summed E-state index contributed by atoms with van der Waals surface area (Å²) in [7, 11) is 3.99. The number of unbranched alkanes of at least 4 members (excludes halogenated alkanes) is 4. The molecule has 1 N–H and O–H groups in total. The molecule has 0 radical (unpaired) electrons. The van der Waals surface area contributed by atoms with Crippen LogP contribution in [0.15, 0.2) is 17.6 Å². The van der Waals surface area contributed by atoms with E-state index in [2.05, 4.69) is 33.7 Å². The number of hydrogen-bond acceptors (Lipinski definition) is 3. The van der Waals surface area contributed by atoms with Crippen LogP contribution in [-0.2, 0) is 4.74 Å². The Balaban J connectivity index is 0.00000529. The molecule has 0 unspecified atom stereocenters. The smallest absolute Gasteiger partial charge is 0.193 e. The van der Waals surface area contributed by atoms with Gasteiger partial charge in [-0.1, -0.05) is 12.5 Å². The fourth-order valence-corrected chi connectivity index (χ4v) is 2.79. The molecule has 0 saturated carbocycles. The number of rotatable bonds is 11. The summed E-state index contributed by atoms with van der Waals surface area (Å²) in [5, 5.41) is 3.48. The van der Waals surface area contributed by atoms with E-state index in [9.17, 15) is 0 Å². The van der Waals surface area contributed by atoms with E-state index in [4.69, 9.17) is 4.74 Å². The van der Waals surface area contributed by atoms with Crippen LogP contribution in [0.4, 0.5) is 0 Å². The Labute approximate surface area is 165 Å². The predicted octanol–water partition coefficient (Wildman–Crippen LogP) is 2.97. The first kappa shape index (κ1) is 23.7. The van der Waals surface area contributed by atoms with Crippen molar-refractivity contribution in [3.05, 3.63) is 12.7 Å². The summed E-state index contributed by atoms with van der Waals surface area (Å²) in [6.07, 6.45) is 9.25. The first-order chi connectivity index (χ1) is 11.3. The van der Waals surface area contributed by atoms with Crippen molar-refractivity contribution in [1.29, 1.82) is 0 Å². The normalized spacial score (nSPS) is 15.7. The third kappa shape index (κ3) is 11.3. The van der Waals surface area contributed by atoms with Crippen molar-refractivity contribution < 1.29 is 4.74 Å². The van der Waals surface area contributed by atoms with Crippen LogP contribution in [0.1, 0.15) is 38.5 Å². The third-order valence-electron chi connectivity index (χ3n) is 4.26. The minimum absolute atomic E-state index is 0. The minimum atomic E-state index is 0. The Morgan fingerprint density at radius 3 is 2.62 bits per heavy atom. The molecule has 1 saturated heterocycles. The fourth-order valence-electron chi connectivity index (χ4n) is 2.79. The molecule has 24 heavy (non-hydrogen) atoms. The highest BCUT2D eigenvalue weighted by molar-refractivity contribution is 14.0. The molecular weight excluding hydrogens is 415 g/mol. The van der Waals surface area contributed by atoms with Crippen molar-refractivity contribution in [1.82, 2.24) is 15.1 Å². The van der Waals surface area contributed by atoms with Gasteiger partial charge in [-0.3, -0.25) is 9.89 Å². The molecule has 0 spiro atoms. The molecular formula is C18H37IN4O. The number of halogens is 1. The highest BCUT2D eigenvalue weighted by atomic mass is 127. The standard InChI is InChI=1S/C18H36N4O.HI/c1-4-5-6-7-9-12-21(3)18(19-2)20-11-8-10-13-22-14-16-23-17-15-22;/h4H,1,5-17H2,2-3H3,(H,19,20);1H. The highest BCUT2D eigenvalue weighted by Crippen LogP contribution is 2.02. The lowest BCUT2D eigenvalue weighted by Crippen LogP contribution is -2.40. The summed E-state index contributed by atoms with van der Waals surface area (Å²) in [6.45, 7) is 11.0. The molecule has 0 aromatic carbocycles. The number of nitrogens with zero attached hydrogens (tertiary/aromatic N) is 3. The van der Waals surface area contributed by atoms with Gasteiger partial charge in [0.1, 0.15) is 0 Å². The van der Waals surface area contributed by atoms with Crippen molar-refractivity contribution in [2.24, 2.45) is 4.99 Å². The Hall–Kier alpha value is -0.340. The van der Waals surface area contributed by atoms with E-state index >= 15 is 0 Å². The highest BCUT2D eigenvalue weighted by Gasteiger charge is 2.09. The fraction of sp³-hybridized carbons (Fsp3) is 0.833. The average molecular weight is 452 g/mol. The topological polar surface area (TPSA) is 40.1 Å². The van der Waals surface area contributed by atoms with E-state index in [-0.39, 0.29) is 24.0 Å². The van der Waals surface area contributed by atoms with Crippen LogP contribution in [0, 0.1) is 0 Å². The van der Waals surface area contributed by atoms with Gasteiger partial charge in [0.25, 0.3) is 0 Å². The number of ether oxygens (including phenoxy) is 1. The molecule has 0 aromatic heterocycles. The maximum atomic E-state index is 5.37. The van der Waals surface area contributed by atoms with Crippen LogP contribution < -0.4 is 5.32 Å². The van der Waals surface area contributed by atoms with Crippen LogP contribution in [0.25, 0.3) is 0 Å². The zero-order chi connectivity index (χ0) is 16.8. The van der Waals surface area contributed by atoms with Gasteiger partial charge in [-0.05, 0) is 38.6 Å². The first-order valence-corrected chi connectivity index (χ1v) is 9.10. The van der Waals surface area contributed by atoms with Gasteiger partial charge in [-0.25, -0.2) is 0 Å². The first-order valence-electron chi connectivity index (χ1n) is 9.10. The van der Waals surface area contributed by atoms with Crippen LogP contribution in [0.5, 0.6) is 0 Å². The zero-order valence-electron chi connectivity index (χ0n) is 15.6. The summed E-state index contributed by atoms with van der Waals surface area (Å²) in [5.74, 6) is 1.01. The number of allylic oxidation sites excluding steroid dienone is 1. The lowest BCUT2D eigenvalue weighted by Gasteiger charge is -2.26. The van der Waals surface area contributed by atoms with Crippen LogP contribution in [0.3, 0.4) is 0 Å². The van der Waals surface area contributed by atoms with Crippen LogP contribution in [0.2, 0.25) is 0 Å². The van der Waals surface area contributed by atoms with E-state index in [0.717, 1.165) is 51.8 Å². The second-order valence-electron chi connectivity index (χ2n) is 6.19. The monoisotopic (exact) mass is 452 g/mol. The lowest BCUT2D eigenvalue weighted by atomic mass is 10.2. The molecule has 0 amide bonds. The van der Waals surface area contributed by atoms with Gasteiger partial charge in [0.2, 0.25) is 0 Å². The quantitative estimate of drug-likeness (QED) is 0.172. The van der Waals surface area contributed by atoms with Crippen molar-refractivity contribution in [3.8, 4) is 0 Å². The molecule has 1 fully saturated rings. The van der Waals surface area contributed by atoms with E-state index in [1.807, 2.05) is 13.1 Å². The van der Waals surface area contributed by atoms with Gasteiger partial charge in [0.15, 0.2) is 5.96 Å². The summed E-state index contributed by atoms with van der Waals surface area (Å²) < 4.78 is 5.37. The Morgan fingerprint density at radius 1 is 1.21 bits per heavy atom. The van der Waals surface area contributed by atoms with Gasteiger partial charge in [-0.15, -0.1) is 30.6 Å². The molecule has 1 heterocycles. The summed E-state index contributed by atoms with van der Waals surface area (Å²) in [5.41, 5.74) is 0. The Morgan fingerprint density at radius 2 is 1.96 bits per heavy atom. The predicted molar refractivity (Wildman–Crippen MR) is 115 cm³/mol. The second-order valence-corrected chi connectivity index (χ2v) is 6.19. The van der Waals surface area contributed by atoms with Crippen molar-refractivity contribution in [3.63, 3.8) is 0 Å². The van der Waals surface area contributed by atoms with Gasteiger partial charge >= 0.3 is 0 Å². The van der Waals surface area contributed by atoms with Crippen LogP contribution in [-0.4, -0.2) is 75.8 Å². The number of guanidine groups is 1. The maximum absolute atomic E-state index is 5.37. The van der Waals surface area contributed by atoms with Crippen molar-refractivity contribution in [2.45, 2.75) is 38.5 Å². The van der Waals surface area contributed by atoms with E-state index in [0.29, 0.717) is 0 Å². The molecule has 1 aliphatic heterocycles. The second kappa shape index (κ2) is 16.1. The van der Waals surface area contributed by atoms with Crippen molar-refractivity contribution >= 4 is 29.9 Å². The molecule has 5 nitrogen and oxygen atoms in total. The average Bonchev–Trinajstić information content (AvgIpc) is 2.58. The SMILES string of the molecule is C=CCCCCCN(C)C(=NC)NCCCCN1CCOCC1.I. The number of morpholine rings is 1. The van der Waals surface area contributed by atoms with Gasteiger partial charge < -0.3 is 15.0 Å². The van der Waals surface area contributed by atoms with E-state index < -0.39 is 0 Å². The number of nitrogens with one attached hydrogen (secondary N) is 1. The largest absolute Gasteiger partial charge is 0.379 e. The number of hydrogen-bond donors (Lipinski definition) is 1. The van der Waals surface area contributed by atoms with E-state index in [1.165, 1.54) is 38.6 Å². The summed E-state index contributed by atoms with van der Waals surface area (Å²) in [6, 6.07) is 0. The summed E-state index contributed by atoms with van der Waals surface area (Å²) in [4.78, 5) is 9.10. The molecule has 0 atom stereocenters. The molecule has 1 rings (SSSR count). The maximum Gasteiger partial charge on any atom is 0.193 e.